The van der Waals surface area contributed by atoms with Crippen molar-refractivity contribution in [2.45, 2.75) is 26.0 Å². The molecule has 0 spiro atoms. The minimum atomic E-state index is -4.14. The van der Waals surface area contributed by atoms with Crippen LogP contribution in [0, 0.1) is 0 Å². The van der Waals surface area contributed by atoms with Gasteiger partial charge in [0.05, 0.1) is 83.5 Å². The highest BCUT2D eigenvalue weighted by Gasteiger charge is 2.30. The largest absolute Gasteiger partial charge is 0.492 e. The number of aromatic nitrogens is 4. The van der Waals surface area contributed by atoms with E-state index < -0.39 is 64.0 Å². The molecule has 0 aliphatic carbocycles. The van der Waals surface area contributed by atoms with Gasteiger partial charge >= 0.3 is 23.9 Å². The molecule has 0 fully saturated rings. The maximum Gasteiger partial charge on any atom is 0.337 e. The molecule has 25 nitrogen and oxygen atoms in total. The van der Waals surface area contributed by atoms with Crippen molar-refractivity contribution in [1.29, 1.82) is 0 Å². The summed E-state index contributed by atoms with van der Waals surface area (Å²) in [6.45, 7) is 0.363. The highest BCUT2D eigenvalue weighted by Crippen LogP contribution is 2.39. The van der Waals surface area contributed by atoms with E-state index in [1.807, 2.05) is 145 Å². The van der Waals surface area contributed by atoms with E-state index in [1.54, 1.807) is 96.9 Å². The zero-order valence-electron chi connectivity index (χ0n) is 61.1. The summed E-state index contributed by atoms with van der Waals surface area (Å²) in [4.78, 5) is 50.8. The van der Waals surface area contributed by atoms with Gasteiger partial charge in [-0.25, -0.2) is 52.8 Å². The van der Waals surface area contributed by atoms with Gasteiger partial charge in [-0.15, -0.1) is 0 Å². The number of carboxylic acid groups (broad SMARTS) is 4. The van der Waals surface area contributed by atoms with Crippen molar-refractivity contribution in [1.82, 2.24) is 19.3 Å². The van der Waals surface area contributed by atoms with Crippen LogP contribution in [0.25, 0.3) is 77.2 Å². The third-order valence-electron chi connectivity index (χ3n) is 18.5. The summed E-state index contributed by atoms with van der Waals surface area (Å²) in [5.74, 6) is -4.64. The van der Waals surface area contributed by atoms with Gasteiger partial charge in [0.1, 0.15) is 10.6 Å². The fraction of sp³-hybridized carbons (Fsp3) is 0.0465. The standard InChI is InChI=1S/C22H18N2O4S.C22H16N2O4S.C21H16ClNO5S.C21H17N3O4S/c1-24-12-11-17-13-18(8-10-21(17)24)29(27,28)23-20-14-16(7-9-19(20)22(25)26)15-5-3-2-4-6-15;25-22(26)18-12-11-16(15-6-2-1-3-7-15)14-20(18)24-29(27,28)21-10-4-9-19-17(21)8-5-13-23-19;22-16-10-15-8-9-28-20(15)19(12-16)29(26,27)23-18-11-14(6-7-17(18)21(24)25)13-4-2-1-3-5-13;1-24-20-10-8-17(11-16(20)13-22-24)29(27,28)23-19-12-15(7-9-18(19)21(25)26)14-5-3-2-4-6-14/h2-14,23H,1H3,(H,25,26);1-14,24H,(H,25,26);1-7,10-12,23H,8-9H2,(H,24,25);2-13,23H,1H3,(H,25,26). The van der Waals surface area contributed by atoms with Crippen LogP contribution < -0.4 is 23.6 Å². The third kappa shape index (κ3) is 18.1. The SMILES string of the molecule is Cn1ccc2cc(S(=O)(=O)Nc3cc(-c4ccccc4)ccc3C(=O)O)ccc21.Cn1ncc2cc(S(=O)(=O)Nc3cc(-c4ccccc4)ccc3C(=O)O)ccc21.O=C(O)c1ccc(-c2ccccc2)cc1NS(=O)(=O)c1cc(Cl)cc2c1OCC2.O=C(O)c1ccc(-c2ccccc2)cc1NS(=O)(=O)c1cccc2ncccc12. The van der Waals surface area contributed by atoms with Gasteiger partial charge < -0.3 is 29.7 Å². The van der Waals surface area contributed by atoms with Crippen LogP contribution in [0.5, 0.6) is 5.75 Å². The van der Waals surface area contributed by atoms with Crippen molar-refractivity contribution in [3.05, 3.63) is 330 Å². The minimum Gasteiger partial charge on any atom is -0.492 e. The fourth-order valence-electron chi connectivity index (χ4n) is 12.8. The van der Waals surface area contributed by atoms with Gasteiger partial charge in [-0.1, -0.05) is 163 Å². The lowest BCUT2D eigenvalue weighted by atomic mass is 10.0. The molecule has 0 radical (unpaired) electrons. The van der Waals surface area contributed by atoms with E-state index in [0.717, 1.165) is 38.7 Å². The number of carboxylic acids is 4. The zero-order chi connectivity index (χ0) is 82.2. The number of sulfonamides is 4. The highest BCUT2D eigenvalue weighted by molar-refractivity contribution is 7.93. The van der Waals surface area contributed by atoms with E-state index >= 15 is 0 Å². The summed E-state index contributed by atoms with van der Waals surface area (Å²) in [5, 5.41) is 44.3. The van der Waals surface area contributed by atoms with Gasteiger partial charge in [-0.05, 0) is 172 Å². The molecule has 15 aromatic rings. The molecule has 0 bridgehead atoms. The summed E-state index contributed by atoms with van der Waals surface area (Å²) in [5.41, 5.74) is 8.57. The predicted molar refractivity (Wildman–Crippen MR) is 445 cm³/mol. The Hall–Kier alpha value is -14.0. The van der Waals surface area contributed by atoms with Crippen molar-refractivity contribution >= 4 is 131 Å². The smallest absolute Gasteiger partial charge is 0.337 e. The summed E-state index contributed by atoms with van der Waals surface area (Å²) in [6.07, 6.45) is 5.56. The number of benzene rings is 12. The molecule has 116 heavy (non-hydrogen) atoms. The molecule has 0 atom stereocenters. The molecule has 1 aliphatic heterocycles. The predicted octanol–water partition coefficient (Wildman–Crippen LogP) is 16.9. The quantitative estimate of drug-likeness (QED) is 0.0351. The Labute approximate surface area is 670 Å². The van der Waals surface area contributed by atoms with Gasteiger partial charge in [0.15, 0.2) is 0 Å². The van der Waals surface area contributed by atoms with Gasteiger partial charge in [-0.3, -0.25) is 28.6 Å². The number of nitrogens with one attached hydrogen (secondary N) is 4. The number of halogens is 1. The molecule has 16 rings (SSSR count). The maximum atomic E-state index is 13.1. The average Bonchev–Trinajstić information content (AvgIpc) is 1.57. The minimum absolute atomic E-state index is 0.000235. The second-order valence-corrected chi connectivity index (χ2v) is 33.2. The Kier molecular flexibility index (Phi) is 23.3. The molecule has 8 N–H and O–H groups in total. The number of rotatable bonds is 20. The number of hydrogen-bond acceptors (Lipinski definition) is 15. The molecule has 12 aromatic carbocycles. The van der Waals surface area contributed by atoms with Crippen LogP contribution >= 0.6 is 11.6 Å². The molecular formula is C86H67ClN8O17S4. The number of carbonyl (C=O) groups is 4. The summed E-state index contributed by atoms with van der Waals surface area (Å²) < 4.78 is 123. The summed E-state index contributed by atoms with van der Waals surface area (Å²) in [6, 6.07) is 77.8. The van der Waals surface area contributed by atoms with E-state index in [9.17, 15) is 73.3 Å². The lowest BCUT2D eigenvalue weighted by molar-refractivity contribution is 0.0687. The van der Waals surface area contributed by atoms with E-state index in [1.165, 1.54) is 78.9 Å². The summed E-state index contributed by atoms with van der Waals surface area (Å²) >= 11 is 6.08. The Morgan fingerprint density at radius 2 is 0.802 bits per heavy atom. The van der Waals surface area contributed by atoms with Crippen LogP contribution in [0.1, 0.15) is 47.0 Å². The van der Waals surface area contributed by atoms with Crippen molar-refractivity contribution in [2.75, 3.05) is 25.5 Å². The molecule has 3 aromatic heterocycles. The highest BCUT2D eigenvalue weighted by atomic mass is 35.5. The van der Waals surface area contributed by atoms with Gasteiger partial charge in [0.2, 0.25) is 0 Å². The van der Waals surface area contributed by atoms with Gasteiger partial charge in [-0.2, -0.15) is 5.10 Å². The lowest BCUT2D eigenvalue weighted by Gasteiger charge is -2.15. The molecule has 30 heteroatoms. The molecule has 0 amide bonds. The molecule has 0 saturated heterocycles. The van der Waals surface area contributed by atoms with E-state index in [-0.39, 0.29) is 75.4 Å². The number of pyridine rings is 1. The molecule has 584 valence electrons. The van der Waals surface area contributed by atoms with Crippen LogP contribution in [0.2, 0.25) is 5.02 Å². The zero-order valence-corrected chi connectivity index (χ0v) is 65.1. The number of hydrogen-bond donors (Lipinski definition) is 8. The Morgan fingerprint density at radius 1 is 0.397 bits per heavy atom. The van der Waals surface area contributed by atoms with Crippen molar-refractivity contribution in [3.63, 3.8) is 0 Å². The topological polar surface area (TPSA) is 379 Å². The molecule has 0 unspecified atom stereocenters. The number of nitrogens with zero attached hydrogens (tertiary/aromatic N) is 4. The Bertz CT molecular complexity index is 6610. The first-order valence-corrected chi connectivity index (χ1v) is 41.4. The van der Waals surface area contributed by atoms with Crippen molar-refractivity contribution < 1.29 is 78.0 Å². The van der Waals surface area contributed by atoms with Crippen molar-refractivity contribution in [2.24, 2.45) is 14.1 Å². The van der Waals surface area contributed by atoms with E-state index in [4.69, 9.17) is 16.3 Å². The number of aryl methyl sites for hydroxylation is 2. The molecule has 1 aliphatic rings. The monoisotopic (exact) mass is 1650 g/mol. The number of ether oxygens (including phenoxy) is 1. The molecule has 4 heterocycles. The van der Waals surface area contributed by atoms with Gasteiger partial charge in [0, 0.05) is 65.2 Å². The molecular weight excluding hydrogens is 1580 g/mol. The lowest BCUT2D eigenvalue weighted by Crippen LogP contribution is -2.16. The van der Waals surface area contributed by atoms with Crippen molar-refractivity contribution in [3.8, 4) is 50.3 Å². The van der Waals surface area contributed by atoms with Crippen LogP contribution in [-0.4, -0.2) is 104 Å². The average molecular weight is 1650 g/mol. The first kappa shape index (κ1) is 80.1. The first-order chi connectivity index (χ1) is 55.5. The second kappa shape index (κ2) is 33.8. The Morgan fingerprint density at radius 3 is 1.23 bits per heavy atom. The normalized spacial score (nSPS) is 11.8. The number of aromatic carboxylic acids is 4. The number of fused-ring (bicyclic) bond motifs is 4. The summed E-state index contributed by atoms with van der Waals surface area (Å²) in [7, 11) is -12.5. The Balaban J connectivity index is 0.000000135. The van der Waals surface area contributed by atoms with Crippen LogP contribution in [0.3, 0.4) is 0 Å². The fourth-order valence-corrected chi connectivity index (χ4v) is 17.9. The molecule has 0 saturated carbocycles. The van der Waals surface area contributed by atoms with Crippen LogP contribution in [0.15, 0.2) is 317 Å². The van der Waals surface area contributed by atoms with E-state index in [0.29, 0.717) is 57.1 Å². The number of anilines is 4. The van der Waals surface area contributed by atoms with Crippen LogP contribution in [-0.2, 0) is 60.6 Å². The van der Waals surface area contributed by atoms with E-state index in [2.05, 4.69) is 29.0 Å². The maximum absolute atomic E-state index is 13.1. The van der Waals surface area contributed by atoms with Crippen LogP contribution in [0.4, 0.5) is 22.7 Å². The third-order valence-corrected chi connectivity index (χ3v) is 24.2. The first-order valence-electron chi connectivity index (χ1n) is 35.1. The van der Waals surface area contributed by atoms with Gasteiger partial charge in [0.25, 0.3) is 40.1 Å². The second-order valence-electron chi connectivity index (χ2n) is 26.1.